The Hall–Kier alpha value is -1.50. The van der Waals surface area contributed by atoms with Crippen molar-refractivity contribution < 1.29 is 9.13 Å². The van der Waals surface area contributed by atoms with E-state index >= 15 is 0 Å². The minimum absolute atomic E-state index is 0.0251. The number of halogens is 2. The maximum absolute atomic E-state index is 13.5. The lowest BCUT2D eigenvalue weighted by molar-refractivity contribution is 0.186. The average Bonchev–Trinajstić information content (AvgIpc) is 2.82. The number of benzene rings is 1. The van der Waals surface area contributed by atoms with Gasteiger partial charge in [0.05, 0.1) is 18.2 Å². The molecule has 2 N–H and O–H groups in total. The van der Waals surface area contributed by atoms with Gasteiger partial charge in [-0.2, -0.15) is 0 Å². The van der Waals surface area contributed by atoms with Crippen LogP contribution in [0.25, 0.3) is 11.4 Å². The summed E-state index contributed by atoms with van der Waals surface area (Å²) in [6.45, 7) is 1.24. The first kappa shape index (κ1) is 13.9. The van der Waals surface area contributed by atoms with Gasteiger partial charge in [-0.25, -0.2) is 4.39 Å². The Morgan fingerprint density at radius 2 is 2.21 bits per heavy atom. The third-order valence-electron chi connectivity index (χ3n) is 2.72. The number of aromatic nitrogens is 3. The largest absolute Gasteiger partial charge is 0.383 e. The first-order valence-electron chi connectivity index (χ1n) is 5.74. The Balaban J connectivity index is 2.49. The third-order valence-corrected chi connectivity index (χ3v) is 3.11. The van der Waals surface area contributed by atoms with Crippen molar-refractivity contribution in [2.75, 3.05) is 13.7 Å². The molecule has 0 aliphatic heterocycles. The van der Waals surface area contributed by atoms with Gasteiger partial charge in [0.25, 0.3) is 0 Å². The van der Waals surface area contributed by atoms with Crippen LogP contribution in [0, 0.1) is 5.82 Å². The van der Waals surface area contributed by atoms with Gasteiger partial charge in [-0.1, -0.05) is 17.7 Å². The van der Waals surface area contributed by atoms with Crippen LogP contribution in [0.3, 0.4) is 0 Å². The van der Waals surface area contributed by atoms with E-state index in [9.17, 15) is 4.39 Å². The summed E-state index contributed by atoms with van der Waals surface area (Å²) in [4.78, 5) is 0. The van der Waals surface area contributed by atoms with E-state index in [1.54, 1.807) is 23.8 Å². The summed E-state index contributed by atoms with van der Waals surface area (Å²) in [7, 11) is 1.60. The smallest absolute Gasteiger partial charge is 0.165 e. The maximum Gasteiger partial charge on any atom is 0.165 e. The SMILES string of the molecule is COCCn1c(CN)nnc1-c1cccc(F)c1Cl. The van der Waals surface area contributed by atoms with E-state index in [1.807, 2.05) is 0 Å². The van der Waals surface area contributed by atoms with E-state index in [1.165, 1.54) is 6.07 Å². The fourth-order valence-corrected chi connectivity index (χ4v) is 1.99. The average molecular weight is 285 g/mol. The molecule has 1 heterocycles. The minimum Gasteiger partial charge on any atom is -0.383 e. The highest BCUT2D eigenvalue weighted by atomic mass is 35.5. The Morgan fingerprint density at radius 1 is 1.42 bits per heavy atom. The van der Waals surface area contributed by atoms with E-state index < -0.39 is 5.82 Å². The molecule has 1 aromatic heterocycles. The number of nitrogens with two attached hydrogens (primary N) is 1. The third kappa shape index (κ3) is 2.75. The van der Waals surface area contributed by atoms with Crippen molar-refractivity contribution in [1.82, 2.24) is 14.8 Å². The molecule has 0 saturated heterocycles. The van der Waals surface area contributed by atoms with Crippen LogP contribution in [0.4, 0.5) is 4.39 Å². The topological polar surface area (TPSA) is 66.0 Å². The Bertz CT molecular complexity index is 573. The van der Waals surface area contributed by atoms with Crippen molar-refractivity contribution in [3.8, 4) is 11.4 Å². The molecule has 0 aliphatic rings. The normalized spacial score (nSPS) is 10.9. The van der Waals surface area contributed by atoms with Gasteiger partial charge >= 0.3 is 0 Å². The van der Waals surface area contributed by atoms with E-state index in [0.717, 1.165) is 0 Å². The van der Waals surface area contributed by atoms with Gasteiger partial charge in [0.1, 0.15) is 11.6 Å². The maximum atomic E-state index is 13.5. The van der Waals surface area contributed by atoms with E-state index in [2.05, 4.69) is 10.2 Å². The second-order valence-corrected chi connectivity index (χ2v) is 4.27. The number of methoxy groups -OCH3 is 1. The zero-order chi connectivity index (χ0) is 13.8. The van der Waals surface area contributed by atoms with Crippen LogP contribution in [-0.2, 0) is 17.8 Å². The molecular weight excluding hydrogens is 271 g/mol. The zero-order valence-electron chi connectivity index (χ0n) is 10.4. The number of hydrogen-bond acceptors (Lipinski definition) is 4. The van der Waals surface area contributed by atoms with Gasteiger partial charge in [0, 0.05) is 19.2 Å². The molecule has 0 bridgehead atoms. The van der Waals surface area contributed by atoms with E-state index in [-0.39, 0.29) is 11.6 Å². The molecule has 5 nitrogen and oxygen atoms in total. The second-order valence-electron chi connectivity index (χ2n) is 3.89. The van der Waals surface area contributed by atoms with Crippen LogP contribution in [0.1, 0.15) is 5.82 Å². The van der Waals surface area contributed by atoms with Crippen LogP contribution in [0.15, 0.2) is 18.2 Å². The van der Waals surface area contributed by atoms with Crippen LogP contribution in [-0.4, -0.2) is 28.5 Å². The molecule has 1 aromatic carbocycles. The molecule has 7 heteroatoms. The molecule has 0 aliphatic carbocycles. The predicted octanol–water partition coefficient (Wildman–Crippen LogP) is 1.84. The first-order chi connectivity index (χ1) is 9.19. The van der Waals surface area contributed by atoms with Crippen molar-refractivity contribution in [2.24, 2.45) is 5.73 Å². The lowest BCUT2D eigenvalue weighted by Crippen LogP contribution is -2.13. The summed E-state index contributed by atoms with van der Waals surface area (Å²) in [5.41, 5.74) is 6.10. The highest BCUT2D eigenvalue weighted by Crippen LogP contribution is 2.29. The molecule has 0 saturated carbocycles. The van der Waals surface area contributed by atoms with E-state index in [0.29, 0.717) is 30.4 Å². The summed E-state index contributed by atoms with van der Waals surface area (Å²) in [6.07, 6.45) is 0. The molecule has 2 aromatic rings. The van der Waals surface area contributed by atoms with Crippen LogP contribution in [0.5, 0.6) is 0 Å². The predicted molar refractivity (Wildman–Crippen MR) is 70.2 cm³/mol. The monoisotopic (exact) mass is 284 g/mol. The lowest BCUT2D eigenvalue weighted by atomic mass is 10.2. The van der Waals surface area contributed by atoms with E-state index in [4.69, 9.17) is 22.1 Å². The number of ether oxygens (including phenoxy) is 1. The Labute approximate surface area is 115 Å². The summed E-state index contributed by atoms with van der Waals surface area (Å²) in [5.74, 6) is 0.601. The van der Waals surface area contributed by atoms with Crippen molar-refractivity contribution in [3.63, 3.8) is 0 Å². The lowest BCUT2D eigenvalue weighted by Gasteiger charge is -2.10. The molecule has 0 radical (unpaired) electrons. The van der Waals surface area contributed by atoms with Gasteiger partial charge in [0.15, 0.2) is 5.82 Å². The summed E-state index contributed by atoms with van der Waals surface area (Å²) < 4.78 is 20.3. The van der Waals surface area contributed by atoms with Gasteiger partial charge in [-0.3, -0.25) is 0 Å². The summed E-state index contributed by atoms with van der Waals surface area (Å²) in [6, 6.07) is 4.57. The fraction of sp³-hybridized carbons (Fsp3) is 0.333. The van der Waals surface area contributed by atoms with Crippen LogP contribution < -0.4 is 5.73 Å². The molecule has 0 unspecified atom stereocenters. The number of rotatable bonds is 5. The van der Waals surface area contributed by atoms with Gasteiger partial charge in [-0.15, -0.1) is 10.2 Å². The summed E-state index contributed by atoms with van der Waals surface area (Å²) in [5, 5.41) is 8.05. The van der Waals surface area contributed by atoms with Crippen LogP contribution in [0.2, 0.25) is 5.02 Å². The van der Waals surface area contributed by atoms with Crippen molar-refractivity contribution >= 4 is 11.6 Å². The molecule has 19 heavy (non-hydrogen) atoms. The number of hydrogen-bond donors (Lipinski definition) is 1. The van der Waals surface area contributed by atoms with Crippen molar-refractivity contribution in [3.05, 3.63) is 34.9 Å². The van der Waals surface area contributed by atoms with Crippen LogP contribution >= 0.6 is 11.6 Å². The van der Waals surface area contributed by atoms with Gasteiger partial charge in [-0.05, 0) is 12.1 Å². The molecule has 2 rings (SSSR count). The quantitative estimate of drug-likeness (QED) is 0.910. The molecule has 0 amide bonds. The number of nitrogens with zero attached hydrogens (tertiary/aromatic N) is 3. The molecule has 0 fully saturated rings. The molecule has 102 valence electrons. The Kier molecular flexibility index (Phi) is 4.47. The molecule has 0 spiro atoms. The Morgan fingerprint density at radius 3 is 2.89 bits per heavy atom. The molecule has 0 atom stereocenters. The molecular formula is C12H14ClFN4O. The first-order valence-corrected chi connectivity index (χ1v) is 6.12. The van der Waals surface area contributed by atoms with Gasteiger partial charge < -0.3 is 15.0 Å². The highest BCUT2D eigenvalue weighted by Gasteiger charge is 2.16. The van der Waals surface area contributed by atoms with Gasteiger partial charge in [0.2, 0.25) is 0 Å². The highest BCUT2D eigenvalue weighted by molar-refractivity contribution is 6.33. The zero-order valence-corrected chi connectivity index (χ0v) is 11.2. The fourth-order valence-electron chi connectivity index (χ4n) is 1.78. The second kappa shape index (κ2) is 6.10. The van der Waals surface area contributed by atoms with Crippen molar-refractivity contribution in [1.29, 1.82) is 0 Å². The standard InChI is InChI=1S/C12H14ClFN4O/c1-19-6-5-18-10(7-15)16-17-12(18)8-3-2-4-9(14)11(8)13/h2-4H,5-7,15H2,1H3. The van der Waals surface area contributed by atoms with Crippen molar-refractivity contribution in [2.45, 2.75) is 13.1 Å². The minimum atomic E-state index is -0.491. The summed E-state index contributed by atoms with van der Waals surface area (Å²) >= 11 is 5.97.